The van der Waals surface area contributed by atoms with Crippen molar-refractivity contribution >= 4 is 35.0 Å². The predicted molar refractivity (Wildman–Crippen MR) is 102 cm³/mol. The van der Waals surface area contributed by atoms with E-state index >= 15 is 0 Å². The van der Waals surface area contributed by atoms with Crippen LogP contribution in [0.4, 0.5) is 14.5 Å². The summed E-state index contributed by atoms with van der Waals surface area (Å²) in [5, 5.41) is 11.2. The Kier molecular flexibility index (Phi) is 5.76. The molecule has 0 saturated carbocycles. The molecule has 0 aliphatic heterocycles. The van der Waals surface area contributed by atoms with E-state index in [1.165, 1.54) is 17.8 Å². The lowest BCUT2D eigenvalue weighted by atomic mass is 10.2. The number of nitrogens with one attached hydrogen (secondary N) is 1. The van der Waals surface area contributed by atoms with Crippen LogP contribution in [0.15, 0.2) is 47.6 Å². The Bertz CT molecular complexity index is 995. The molecule has 1 amide bonds. The zero-order chi connectivity index (χ0) is 19.6. The van der Waals surface area contributed by atoms with Gasteiger partial charge in [0.1, 0.15) is 11.6 Å². The molecule has 1 N–H and O–H groups in total. The smallest absolute Gasteiger partial charge is 0.237 e. The third-order valence-electron chi connectivity index (χ3n) is 3.79. The number of benzene rings is 2. The highest BCUT2D eigenvalue weighted by molar-refractivity contribution is 8.00. The molecule has 27 heavy (non-hydrogen) atoms. The topological polar surface area (TPSA) is 59.8 Å². The molecule has 1 heterocycles. The van der Waals surface area contributed by atoms with Gasteiger partial charge in [0.15, 0.2) is 11.0 Å². The third kappa shape index (κ3) is 4.28. The molecule has 0 aliphatic carbocycles. The van der Waals surface area contributed by atoms with E-state index in [-0.39, 0.29) is 5.69 Å². The lowest BCUT2D eigenvalue weighted by molar-refractivity contribution is -0.115. The number of hydrogen-bond acceptors (Lipinski definition) is 4. The first-order valence-corrected chi connectivity index (χ1v) is 9.19. The van der Waals surface area contributed by atoms with Gasteiger partial charge in [0, 0.05) is 18.7 Å². The van der Waals surface area contributed by atoms with Gasteiger partial charge < -0.3 is 9.88 Å². The molecule has 0 spiro atoms. The third-order valence-corrected chi connectivity index (χ3v) is 5.25. The van der Waals surface area contributed by atoms with Crippen LogP contribution in [-0.2, 0) is 11.8 Å². The van der Waals surface area contributed by atoms with Crippen LogP contribution in [0.2, 0.25) is 5.02 Å². The molecule has 0 saturated heterocycles. The summed E-state index contributed by atoms with van der Waals surface area (Å²) < 4.78 is 28.4. The molecule has 140 valence electrons. The minimum atomic E-state index is -0.833. The number of hydrogen-bond donors (Lipinski definition) is 1. The van der Waals surface area contributed by atoms with Crippen molar-refractivity contribution in [2.24, 2.45) is 7.05 Å². The highest BCUT2D eigenvalue weighted by Gasteiger charge is 2.21. The van der Waals surface area contributed by atoms with Gasteiger partial charge in [-0.25, -0.2) is 8.78 Å². The molecule has 0 fully saturated rings. The van der Waals surface area contributed by atoms with Crippen LogP contribution < -0.4 is 5.32 Å². The summed E-state index contributed by atoms with van der Waals surface area (Å²) in [6, 6.07) is 10.2. The minimum absolute atomic E-state index is 0.0800. The molecule has 2 aromatic carbocycles. The molecular weight excluding hydrogens is 394 g/mol. The van der Waals surface area contributed by atoms with E-state index in [0.717, 1.165) is 11.6 Å². The second-order valence-corrected chi connectivity index (χ2v) is 7.43. The van der Waals surface area contributed by atoms with E-state index in [2.05, 4.69) is 15.5 Å². The highest BCUT2D eigenvalue weighted by Crippen LogP contribution is 2.30. The number of carbonyl (C=O) groups excluding carboxylic acids is 1. The molecule has 0 bridgehead atoms. The van der Waals surface area contributed by atoms with Crippen molar-refractivity contribution in [1.82, 2.24) is 14.8 Å². The lowest BCUT2D eigenvalue weighted by Gasteiger charge is -2.12. The normalized spacial score (nSPS) is 12.0. The van der Waals surface area contributed by atoms with Crippen LogP contribution >= 0.6 is 23.4 Å². The second-order valence-electron chi connectivity index (χ2n) is 5.72. The number of anilines is 1. The van der Waals surface area contributed by atoms with Crippen LogP contribution in [0.3, 0.4) is 0 Å². The van der Waals surface area contributed by atoms with Crippen LogP contribution in [0.25, 0.3) is 11.4 Å². The first kappa shape index (κ1) is 19.3. The molecule has 1 aromatic heterocycles. The lowest BCUT2D eigenvalue weighted by Crippen LogP contribution is -2.23. The van der Waals surface area contributed by atoms with Crippen LogP contribution in [-0.4, -0.2) is 25.9 Å². The van der Waals surface area contributed by atoms with E-state index < -0.39 is 22.8 Å². The number of amides is 1. The minimum Gasteiger partial charge on any atom is -0.323 e. The number of halogens is 3. The van der Waals surface area contributed by atoms with Gasteiger partial charge in [0.2, 0.25) is 5.91 Å². The van der Waals surface area contributed by atoms with E-state index in [0.29, 0.717) is 22.1 Å². The van der Waals surface area contributed by atoms with Gasteiger partial charge in [-0.05, 0) is 31.2 Å². The Hall–Kier alpha value is -2.45. The van der Waals surface area contributed by atoms with Gasteiger partial charge >= 0.3 is 0 Å². The molecule has 5 nitrogen and oxygen atoms in total. The molecule has 9 heteroatoms. The van der Waals surface area contributed by atoms with Crippen molar-refractivity contribution in [2.45, 2.75) is 17.3 Å². The summed E-state index contributed by atoms with van der Waals surface area (Å²) >= 11 is 7.36. The average Bonchev–Trinajstić information content (AvgIpc) is 2.98. The number of nitrogens with zero attached hydrogens (tertiary/aromatic N) is 3. The Morgan fingerprint density at radius 3 is 2.67 bits per heavy atom. The Morgan fingerprint density at radius 1 is 1.22 bits per heavy atom. The summed E-state index contributed by atoms with van der Waals surface area (Å²) in [5.74, 6) is -1.41. The quantitative estimate of drug-likeness (QED) is 0.630. The van der Waals surface area contributed by atoms with Crippen molar-refractivity contribution in [3.63, 3.8) is 0 Å². The second kappa shape index (κ2) is 8.06. The van der Waals surface area contributed by atoms with Crippen LogP contribution in [0, 0.1) is 11.6 Å². The molecule has 1 unspecified atom stereocenters. The van der Waals surface area contributed by atoms with Crippen LogP contribution in [0.5, 0.6) is 0 Å². The van der Waals surface area contributed by atoms with E-state index in [9.17, 15) is 13.6 Å². The summed E-state index contributed by atoms with van der Waals surface area (Å²) in [7, 11) is 1.77. The van der Waals surface area contributed by atoms with Crippen molar-refractivity contribution in [2.75, 3.05) is 5.32 Å². The monoisotopic (exact) mass is 408 g/mol. The van der Waals surface area contributed by atoms with E-state index in [1.807, 2.05) is 18.2 Å². The molecule has 3 rings (SSSR count). The zero-order valence-corrected chi connectivity index (χ0v) is 16.0. The maximum atomic E-state index is 13.7. The first-order chi connectivity index (χ1) is 12.9. The van der Waals surface area contributed by atoms with Gasteiger partial charge in [0.05, 0.1) is 16.0 Å². The fourth-order valence-electron chi connectivity index (χ4n) is 2.33. The standard InChI is InChI=1S/C18H15ClF2N4OS/c1-10(17(26)22-15-8-7-11(20)9-14(15)21)27-18-24-23-16(25(18)2)12-5-3-4-6-13(12)19/h3-10H,1-2H3,(H,22,26). The number of aromatic nitrogens is 3. The fraction of sp³-hybridized carbons (Fsp3) is 0.167. The zero-order valence-electron chi connectivity index (χ0n) is 14.4. The SMILES string of the molecule is CC(Sc1nnc(-c2ccccc2Cl)n1C)C(=O)Nc1ccc(F)cc1F. The van der Waals surface area contributed by atoms with Gasteiger partial charge in [-0.15, -0.1) is 10.2 Å². The van der Waals surface area contributed by atoms with Crippen molar-refractivity contribution in [3.8, 4) is 11.4 Å². The summed E-state index contributed by atoms with van der Waals surface area (Å²) in [4.78, 5) is 12.3. The van der Waals surface area contributed by atoms with Gasteiger partial charge in [-0.2, -0.15) is 0 Å². The van der Waals surface area contributed by atoms with Crippen molar-refractivity contribution in [3.05, 3.63) is 59.1 Å². The van der Waals surface area contributed by atoms with Crippen LogP contribution in [0.1, 0.15) is 6.92 Å². The number of carbonyl (C=O) groups is 1. The maximum absolute atomic E-state index is 13.7. The average molecular weight is 409 g/mol. The molecular formula is C18H15ClF2N4OS. The molecule has 0 radical (unpaired) electrons. The summed E-state index contributed by atoms with van der Waals surface area (Å²) in [5.41, 5.74) is 0.648. The molecule has 3 aromatic rings. The van der Waals surface area contributed by atoms with E-state index in [4.69, 9.17) is 11.6 Å². The fourth-order valence-corrected chi connectivity index (χ4v) is 3.37. The van der Waals surface area contributed by atoms with Gasteiger partial charge in [0.25, 0.3) is 0 Å². The summed E-state index contributed by atoms with van der Waals surface area (Å²) in [6.07, 6.45) is 0. The van der Waals surface area contributed by atoms with Gasteiger partial charge in [-0.3, -0.25) is 4.79 Å². The Morgan fingerprint density at radius 2 is 1.96 bits per heavy atom. The Balaban J connectivity index is 1.73. The van der Waals surface area contributed by atoms with E-state index in [1.54, 1.807) is 24.6 Å². The largest absolute Gasteiger partial charge is 0.323 e. The van der Waals surface area contributed by atoms with Crippen molar-refractivity contribution < 1.29 is 13.6 Å². The predicted octanol–water partition coefficient (Wildman–Crippen LogP) is 4.53. The van der Waals surface area contributed by atoms with Crippen molar-refractivity contribution in [1.29, 1.82) is 0 Å². The first-order valence-electron chi connectivity index (χ1n) is 7.93. The molecule has 0 aliphatic rings. The number of thioether (sulfide) groups is 1. The summed E-state index contributed by atoms with van der Waals surface area (Å²) in [6.45, 7) is 1.66. The molecule has 1 atom stereocenters. The van der Waals surface area contributed by atoms with Gasteiger partial charge in [-0.1, -0.05) is 35.5 Å². The highest BCUT2D eigenvalue weighted by atomic mass is 35.5. The number of rotatable bonds is 5. The Labute approximate surface area is 163 Å². The maximum Gasteiger partial charge on any atom is 0.237 e.